The van der Waals surface area contributed by atoms with Crippen LogP contribution in [-0.2, 0) is 9.47 Å². The highest BCUT2D eigenvalue weighted by molar-refractivity contribution is 5.90. The molecular formula is C21H24O8. The first-order valence-electron chi connectivity index (χ1n) is 8.82. The Bertz CT molecular complexity index is 777. The van der Waals surface area contributed by atoms with Gasteiger partial charge in [0.1, 0.15) is 0 Å². The minimum Gasteiger partial charge on any atom is -0.493 e. The van der Waals surface area contributed by atoms with E-state index in [1.165, 1.54) is 40.6 Å². The van der Waals surface area contributed by atoms with Gasteiger partial charge in [0.25, 0.3) is 0 Å². The van der Waals surface area contributed by atoms with Crippen molar-refractivity contribution in [3.63, 3.8) is 0 Å². The van der Waals surface area contributed by atoms with Crippen LogP contribution in [0, 0.1) is 0 Å². The van der Waals surface area contributed by atoms with Gasteiger partial charge in [-0.15, -0.1) is 0 Å². The molecule has 0 amide bonds. The number of carbonyl (C=O) groups excluding carboxylic acids is 2. The number of rotatable bonds is 10. The number of esters is 2. The van der Waals surface area contributed by atoms with Crippen molar-refractivity contribution in [2.75, 3.05) is 41.7 Å². The second-order valence-corrected chi connectivity index (χ2v) is 5.76. The fourth-order valence-electron chi connectivity index (χ4n) is 2.48. The highest BCUT2D eigenvalue weighted by atomic mass is 16.5. The minimum atomic E-state index is -0.503. The lowest BCUT2D eigenvalue weighted by molar-refractivity contribution is 0.0395. The normalized spacial score (nSPS) is 10.1. The van der Waals surface area contributed by atoms with Crippen LogP contribution < -0.4 is 18.9 Å². The Morgan fingerprint density at radius 1 is 0.621 bits per heavy atom. The minimum absolute atomic E-state index is 0.104. The number of benzene rings is 2. The summed E-state index contributed by atoms with van der Waals surface area (Å²) in [5.74, 6) is 0.906. The van der Waals surface area contributed by atoms with Gasteiger partial charge < -0.3 is 28.4 Å². The topological polar surface area (TPSA) is 89.5 Å². The van der Waals surface area contributed by atoms with Crippen LogP contribution in [0.1, 0.15) is 27.1 Å². The molecule has 8 nitrogen and oxygen atoms in total. The van der Waals surface area contributed by atoms with E-state index in [0.29, 0.717) is 40.5 Å². The Balaban J connectivity index is 1.79. The van der Waals surface area contributed by atoms with Crippen LogP contribution >= 0.6 is 0 Å². The van der Waals surface area contributed by atoms with Crippen LogP contribution in [0.25, 0.3) is 0 Å². The van der Waals surface area contributed by atoms with Gasteiger partial charge in [-0.1, -0.05) is 0 Å². The molecule has 0 fully saturated rings. The molecule has 156 valence electrons. The van der Waals surface area contributed by atoms with Gasteiger partial charge in [-0.3, -0.25) is 0 Å². The molecule has 8 heteroatoms. The van der Waals surface area contributed by atoms with Gasteiger partial charge in [0.05, 0.1) is 52.8 Å². The summed E-state index contributed by atoms with van der Waals surface area (Å²) in [5.41, 5.74) is 0.676. The van der Waals surface area contributed by atoms with Crippen LogP contribution in [0.2, 0.25) is 0 Å². The van der Waals surface area contributed by atoms with Gasteiger partial charge in [0.15, 0.2) is 23.0 Å². The molecule has 0 bridgehead atoms. The molecule has 0 aliphatic heterocycles. The summed E-state index contributed by atoms with van der Waals surface area (Å²) in [6.07, 6.45) is 0.359. The molecular weight excluding hydrogens is 380 g/mol. The lowest BCUT2D eigenvalue weighted by Gasteiger charge is -2.10. The first kappa shape index (κ1) is 21.9. The van der Waals surface area contributed by atoms with E-state index in [1.54, 1.807) is 24.3 Å². The summed E-state index contributed by atoms with van der Waals surface area (Å²) in [5, 5.41) is 0. The Labute approximate surface area is 169 Å². The molecule has 0 N–H and O–H groups in total. The quantitative estimate of drug-likeness (QED) is 0.441. The van der Waals surface area contributed by atoms with E-state index in [9.17, 15) is 9.59 Å². The van der Waals surface area contributed by atoms with Gasteiger partial charge in [-0.05, 0) is 36.4 Å². The van der Waals surface area contributed by atoms with Gasteiger partial charge in [0, 0.05) is 6.42 Å². The first-order valence-corrected chi connectivity index (χ1v) is 8.82. The third-order valence-corrected chi connectivity index (χ3v) is 3.99. The molecule has 0 unspecified atom stereocenters. The lowest BCUT2D eigenvalue weighted by atomic mass is 10.2. The fourth-order valence-corrected chi connectivity index (χ4v) is 2.48. The third-order valence-electron chi connectivity index (χ3n) is 3.99. The predicted molar refractivity (Wildman–Crippen MR) is 104 cm³/mol. The molecule has 0 aliphatic rings. The van der Waals surface area contributed by atoms with E-state index >= 15 is 0 Å². The Kier molecular flexibility index (Phi) is 8.14. The summed E-state index contributed by atoms with van der Waals surface area (Å²) in [6, 6.07) is 9.50. The lowest BCUT2D eigenvalue weighted by Crippen LogP contribution is -2.11. The molecule has 0 radical (unpaired) electrons. The first-order chi connectivity index (χ1) is 14.0. The maximum Gasteiger partial charge on any atom is 0.338 e. The summed E-state index contributed by atoms with van der Waals surface area (Å²) in [7, 11) is 6.00. The summed E-state index contributed by atoms with van der Waals surface area (Å²) in [4.78, 5) is 24.2. The SMILES string of the molecule is COc1ccc(C(=O)OCCCOC(=O)c2ccc(OC)c(OC)c2)cc1OC. The van der Waals surface area contributed by atoms with Crippen molar-refractivity contribution in [3.05, 3.63) is 47.5 Å². The summed E-state index contributed by atoms with van der Waals surface area (Å²) < 4.78 is 31.0. The number of carbonyl (C=O) groups is 2. The molecule has 0 heterocycles. The zero-order valence-electron chi connectivity index (χ0n) is 16.9. The van der Waals surface area contributed by atoms with Gasteiger partial charge in [0.2, 0.25) is 0 Å². The molecule has 0 spiro atoms. The van der Waals surface area contributed by atoms with Crippen LogP contribution in [-0.4, -0.2) is 53.6 Å². The maximum atomic E-state index is 12.1. The molecule has 0 atom stereocenters. The van der Waals surface area contributed by atoms with Crippen molar-refractivity contribution < 1.29 is 38.0 Å². The number of methoxy groups -OCH3 is 4. The van der Waals surface area contributed by atoms with Crippen LogP contribution in [0.4, 0.5) is 0 Å². The predicted octanol–water partition coefficient (Wildman–Crippen LogP) is 3.12. The van der Waals surface area contributed by atoms with E-state index in [1.807, 2.05) is 0 Å². The highest BCUT2D eigenvalue weighted by Gasteiger charge is 2.13. The average Bonchev–Trinajstić information content (AvgIpc) is 2.77. The standard InChI is InChI=1S/C21H24O8/c1-24-16-8-6-14(12-18(16)26-3)20(22)28-10-5-11-29-21(23)15-7-9-17(25-2)19(13-15)27-4/h6-9,12-13H,5,10-11H2,1-4H3. The van der Waals surface area contributed by atoms with E-state index < -0.39 is 11.9 Å². The second kappa shape index (κ2) is 10.8. The maximum absolute atomic E-state index is 12.1. The monoisotopic (exact) mass is 404 g/mol. The van der Waals surface area contributed by atoms with Gasteiger partial charge in [-0.25, -0.2) is 9.59 Å². The highest BCUT2D eigenvalue weighted by Crippen LogP contribution is 2.28. The van der Waals surface area contributed by atoms with Crippen LogP contribution in [0.5, 0.6) is 23.0 Å². The van der Waals surface area contributed by atoms with E-state index in [0.717, 1.165) is 0 Å². The van der Waals surface area contributed by atoms with Crippen molar-refractivity contribution in [3.8, 4) is 23.0 Å². The van der Waals surface area contributed by atoms with Crippen molar-refractivity contribution in [2.24, 2.45) is 0 Å². The van der Waals surface area contributed by atoms with Crippen molar-refractivity contribution >= 4 is 11.9 Å². The zero-order chi connectivity index (χ0) is 21.2. The third kappa shape index (κ3) is 5.78. The number of hydrogen-bond acceptors (Lipinski definition) is 8. The Morgan fingerprint density at radius 3 is 1.34 bits per heavy atom. The van der Waals surface area contributed by atoms with Crippen molar-refractivity contribution in [1.82, 2.24) is 0 Å². The number of hydrogen-bond donors (Lipinski definition) is 0. The summed E-state index contributed by atoms with van der Waals surface area (Å²) >= 11 is 0. The average molecular weight is 404 g/mol. The number of ether oxygens (including phenoxy) is 6. The molecule has 0 aliphatic carbocycles. The zero-order valence-corrected chi connectivity index (χ0v) is 16.9. The van der Waals surface area contributed by atoms with Crippen LogP contribution in [0.15, 0.2) is 36.4 Å². The van der Waals surface area contributed by atoms with Gasteiger partial charge in [-0.2, -0.15) is 0 Å². The smallest absolute Gasteiger partial charge is 0.338 e. The fraction of sp³-hybridized carbons (Fsp3) is 0.333. The Morgan fingerprint density at radius 2 is 1.00 bits per heavy atom. The van der Waals surface area contributed by atoms with E-state index in [-0.39, 0.29) is 13.2 Å². The summed E-state index contributed by atoms with van der Waals surface area (Å²) in [6.45, 7) is 0.207. The molecule has 0 saturated heterocycles. The van der Waals surface area contributed by atoms with E-state index in [2.05, 4.69) is 0 Å². The largest absolute Gasteiger partial charge is 0.493 e. The molecule has 29 heavy (non-hydrogen) atoms. The van der Waals surface area contributed by atoms with Gasteiger partial charge >= 0.3 is 11.9 Å². The second-order valence-electron chi connectivity index (χ2n) is 5.76. The van der Waals surface area contributed by atoms with Crippen LogP contribution in [0.3, 0.4) is 0 Å². The van der Waals surface area contributed by atoms with Crippen molar-refractivity contribution in [1.29, 1.82) is 0 Å². The Hall–Kier alpha value is -3.42. The molecule has 0 aromatic heterocycles. The molecule has 2 rings (SSSR count). The van der Waals surface area contributed by atoms with E-state index in [4.69, 9.17) is 28.4 Å². The molecule has 0 saturated carbocycles. The molecule has 2 aromatic carbocycles. The molecule has 2 aromatic rings. The van der Waals surface area contributed by atoms with Crippen molar-refractivity contribution in [2.45, 2.75) is 6.42 Å².